The number of aryl methyl sites for hydroxylation is 1. The first-order valence-electron chi connectivity index (χ1n) is 6.16. The molecule has 0 aliphatic carbocycles. The van der Waals surface area contributed by atoms with Gasteiger partial charge in [0.05, 0.1) is 17.4 Å². The topological polar surface area (TPSA) is 33.1 Å². The minimum atomic E-state index is 1.04. The molecule has 2 aromatic rings. The summed E-state index contributed by atoms with van der Waals surface area (Å²) in [6.07, 6.45) is 1.87. The fourth-order valence-electron chi connectivity index (χ4n) is 2.41. The van der Waals surface area contributed by atoms with Gasteiger partial charge in [-0.2, -0.15) is 0 Å². The highest BCUT2D eigenvalue weighted by molar-refractivity contribution is 5.75. The van der Waals surface area contributed by atoms with Gasteiger partial charge in [-0.25, -0.2) is 4.98 Å². The second-order valence-corrected chi connectivity index (χ2v) is 4.70. The first kappa shape index (κ1) is 10.7. The standard InChI is InChI=1S/C13H18N4/c1-16-10-15-12-8-11(2-3-13(12)16)9-17-6-4-14-5-7-17/h2-3,8,10,14H,4-7,9H2,1H3. The third kappa shape index (κ3) is 2.18. The second-order valence-electron chi connectivity index (χ2n) is 4.70. The molecule has 0 atom stereocenters. The molecule has 1 saturated heterocycles. The largest absolute Gasteiger partial charge is 0.334 e. The van der Waals surface area contributed by atoms with Gasteiger partial charge in [-0.15, -0.1) is 0 Å². The molecule has 1 aromatic heterocycles. The molecule has 0 amide bonds. The van der Waals surface area contributed by atoms with E-state index in [1.807, 2.05) is 13.4 Å². The zero-order valence-corrected chi connectivity index (χ0v) is 10.2. The summed E-state index contributed by atoms with van der Waals surface area (Å²) >= 11 is 0. The van der Waals surface area contributed by atoms with Crippen LogP contribution in [0.3, 0.4) is 0 Å². The van der Waals surface area contributed by atoms with Crippen LogP contribution in [0.15, 0.2) is 24.5 Å². The minimum absolute atomic E-state index is 1.04. The van der Waals surface area contributed by atoms with Gasteiger partial charge in [0.1, 0.15) is 0 Å². The van der Waals surface area contributed by atoms with Crippen molar-refractivity contribution in [3.05, 3.63) is 30.1 Å². The molecule has 1 aliphatic rings. The zero-order chi connectivity index (χ0) is 11.7. The fourth-order valence-corrected chi connectivity index (χ4v) is 2.41. The van der Waals surface area contributed by atoms with Gasteiger partial charge in [0.25, 0.3) is 0 Å². The number of aromatic nitrogens is 2. The average molecular weight is 230 g/mol. The summed E-state index contributed by atoms with van der Waals surface area (Å²) in [5, 5.41) is 3.38. The van der Waals surface area contributed by atoms with Crippen LogP contribution in [0.4, 0.5) is 0 Å². The molecular weight excluding hydrogens is 212 g/mol. The summed E-state index contributed by atoms with van der Waals surface area (Å²) in [7, 11) is 2.03. The van der Waals surface area contributed by atoms with E-state index in [1.54, 1.807) is 0 Å². The van der Waals surface area contributed by atoms with Crippen molar-refractivity contribution in [2.24, 2.45) is 7.05 Å². The van der Waals surface area contributed by atoms with E-state index in [0.717, 1.165) is 38.2 Å². The molecule has 1 N–H and O–H groups in total. The molecule has 1 aromatic carbocycles. The van der Waals surface area contributed by atoms with Gasteiger partial charge in [0.2, 0.25) is 0 Å². The van der Waals surface area contributed by atoms with E-state index < -0.39 is 0 Å². The van der Waals surface area contributed by atoms with Crippen LogP contribution in [0.5, 0.6) is 0 Å². The van der Waals surface area contributed by atoms with Crippen molar-refractivity contribution in [2.45, 2.75) is 6.54 Å². The first-order chi connectivity index (χ1) is 8.33. The van der Waals surface area contributed by atoms with Crippen LogP contribution >= 0.6 is 0 Å². The van der Waals surface area contributed by atoms with E-state index in [0.29, 0.717) is 0 Å². The third-order valence-corrected chi connectivity index (χ3v) is 3.41. The van der Waals surface area contributed by atoms with Gasteiger partial charge in [-0.05, 0) is 17.7 Å². The van der Waals surface area contributed by atoms with E-state index in [9.17, 15) is 0 Å². The molecule has 90 valence electrons. The molecule has 1 aliphatic heterocycles. The predicted molar refractivity (Wildman–Crippen MR) is 68.9 cm³/mol. The molecule has 3 rings (SSSR count). The SMILES string of the molecule is Cn1cnc2cc(CN3CCNCC3)ccc21. The Balaban J connectivity index is 1.80. The summed E-state index contributed by atoms with van der Waals surface area (Å²) in [6.45, 7) is 5.52. The van der Waals surface area contributed by atoms with E-state index in [2.05, 4.69) is 38.0 Å². The van der Waals surface area contributed by atoms with Crippen LogP contribution < -0.4 is 5.32 Å². The van der Waals surface area contributed by atoms with E-state index in [4.69, 9.17) is 0 Å². The van der Waals surface area contributed by atoms with Crippen LogP contribution in [0.25, 0.3) is 11.0 Å². The minimum Gasteiger partial charge on any atom is -0.334 e. The van der Waals surface area contributed by atoms with Gasteiger partial charge in [-0.3, -0.25) is 4.90 Å². The van der Waals surface area contributed by atoms with Crippen LogP contribution in [0, 0.1) is 0 Å². The van der Waals surface area contributed by atoms with Crippen LogP contribution in [0.2, 0.25) is 0 Å². The Morgan fingerprint density at radius 3 is 2.94 bits per heavy atom. The number of imidazole rings is 1. The van der Waals surface area contributed by atoms with Crippen molar-refractivity contribution in [3.63, 3.8) is 0 Å². The molecule has 17 heavy (non-hydrogen) atoms. The van der Waals surface area contributed by atoms with E-state index in [1.165, 1.54) is 11.1 Å². The maximum atomic E-state index is 4.40. The quantitative estimate of drug-likeness (QED) is 0.835. The number of fused-ring (bicyclic) bond motifs is 1. The van der Waals surface area contributed by atoms with Gasteiger partial charge >= 0.3 is 0 Å². The number of hydrogen-bond donors (Lipinski definition) is 1. The van der Waals surface area contributed by atoms with Crippen LogP contribution in [-0.2, 0) is 13.6 Å². The van der Waals surface area contributed by atoms with Crippen molar-refractivity contribution >= 4 is 11.0 Å². The number of nitrogens with one attached hydrogen (secondary N) is 1. The summed E-state index contributed by atoms with van der Waals surface area (Å²) in [5.41, 5.74) is 3.66. The molecule has 0 saturated carbocycles. The lowest BCUT2D eigenvalue weighted by Crippen LogP contribution is -2.42. The van der Waals surface area contributed by atoms with Crippen LogP contribution in [0.1, 0.15) is 5.56 Å². The highest BCUT2D eigenvalue weighted by atomic mass is 15.2. The number of nitrogens with zero attached hydrogens (tertiary/aromatic N) is 3. The maximum absolute atomic E-state index is 4.40. The van der Waals surface area contributed by atoms with Crippen molar-refractivity contribution < 1.29 is 0 Å². The summed E-state index contributed by atoms with van der Waals surface area (Å²) in [5.74, 6) is 0. The first-order valence-corrected chi connectivity index (χ1v) is 6.16. The molecule has 4 heteroatoms. The Morgan fingerprint density at radius 2 is 2.12 bits per heavy atom. The lowest BCUT2D eigenvalue weighted by molar-refractivity contribution is 0.233. The van der Waals surface area contributed by atoms with Gasteiger partial charge in [-0.1, -0.05) is 6.07 Å². The molecule has 1 fully saturated rings. The smallest absolute Gasteiger partial charge is 0.0955 e. The second kappa shape index (κ2) is 4.47. The summed E-state index contributed by atoms with van der Waals surface area (Å²) in [4.78, 5) is 6.89. The number of piperazine rings is 1. The lowest BCUT2D eigenvalue weighted by atomic mass is 10.2. The summed E-state index contributed by atoms with van der Waals surface area (Å²) in [6, 6.07) is 6.59. The maximum Gasteiger partial charge on any atom is 0.0955 e. The number of rotatable bonds is 2. The average Bonchev–Trinajstić information content (AvgIpc) is 2.72. The Kier molecular flexibility index (Phi) is 2.82. The number of hydrogen-bond acceptors (Lipinski definition) is 3. The zero-order valence-electron chi connectivity index (χ0n) is 10.2. The molecule has 2 heterocycles. The van der Waals surface area contributed by atoms with Gasteiger partial charge < -0.3 is 9.88 Å². The Bertz CT molecular complexity index is 511. The monoisotopic (exact) mass is 230 g/mol. The molecule has 4 nitrogen and oxygen atoms in total. The van der Waals surface area contributed by atoms with E-state index in [-0.39, 0.29) is 0 Å². The lowest BCUT2D eigenvalue weighted by Gasteiger charge is -2.27. The number of benzene rings is 1. The predicted octanol–water partition coefficient (Wildman–Crippen LogP) is 0.978. The Labute approximate surface area is 101 Å². The van der Waals surface area contributed by atoms with Crippen molar-refractivity contribution in [3.8, 4) is 0 Å². The van der Waals surface area contributed by atoms with Gasteiger partial charge in [0, 0.05) is 39.8 Å². The Morgan fingerprint density at radius 1 is 1.29 bits per heavy atom. The fraction of sp³-hybridized carbons (Fsp3) is 0.462. The van der Waals surface area contributed by atoms with Crippen molar-refractivity contribution in [2.75, 3.05) is 26.2 Å². The third-order valence-electron chi connectivity index (χ3n) is 3.41. The van der Waals surface area contributed by atoms with Gasteiger partial charge in [0.15, 0.2) is 0 Å². The van der Waals surface area contributed by atoms with E-state index >= 15 is 0 Å². The summed E-state index contributed by atoms with van der Waals surface area (Å²) < 4.78 is 2.06. The highest BCUT2D eigenvalue weighted by Crippen LogP contribution is 2.15. The Hall–Kier alpha value is -1.39. The molecular formula is C13H18N4. The van der Waals surface area contributed by atoms with Crippen LogP contribution in [-0.4, -0.2) is 40.6 Å². The van der Waals surface area contributed by atoms with Crippen molar-refractivity contribution in [1.29, 1.82) is 0 Å². The molecule has 0 radical (unpaired) electrons. The normalized spacial score (nSPS) is 17.7. The molecule has 0 spiro atoms. The van der Waals surface area contributed by atoms with Crippen molar-refractivity contribution in [1.82, 2.24) is 19.8 Å². The highest BCUT2D eigenvalue weighted by Gasteiger charge is 2.10. The molecule has 0 unspecified atom stereocenters. The molecule has 0 bridgehead atoms.